The van der Waals surface area contributed by atoms with E-state index >= 15 is 0 Å². The lowest BCUT2D eigenvalue weighted by Crippen LogP contribution is -2.21. The zero-order chi connectivity index (χ0) is 23.9. The quantitative estimate of drug-likeness (QED) is 0.387. The normalized spacial score (nSPS) is 12.0. The van der Waals surface area contributed by atoms with Crippen LogP contribution in [-0.4, -0.2) is 26.4 Å². The van der Waals surface area contributed by atoms with Crippen LogP contribution in [0.25, 0.3) is 32.8 Å². The Labute approximate surface area is 185 Å². The summed E-state index contributed by atoms with van der Waals surface area (Å²) in [5.74, 6) is -1.59. The third kappa shape index (κ3) is 4.35. The van der Waals surface area contributed by atoms with Gasteiger partial charge < -0.3 is 14.2 Å². The molecule has 2 aromatic heterocycles. The van der Waals surface area contributed by atoms with Gasteiger partial charge in [-0.25, -0.2) is 4.39 Å². The van der Waals surface area contributed by atoms with Gasteiger partial charge in [-0.3, -0.25) is 9.59 Å². The van der Waals surface area contributed by atoms with Crippen molar-refractivity contribution in [2.45, 2.75) is 39.0 Å². The van der Waals surface area contributed by atoms with E-state index in [9.17, 15) is 32.3 Å². The summed E-state index contributed by atoms with van der Waals surface area (Å²) in [6.45, 7) is 1.21. The summed E-state index contributed by atoms with van der Waals surface area (Å²) in [4.78, 5) is 24.4. The maximum atomic E-state index is 14.2. The number of nitrogens with zero attached hydrogens (tertiary/aromatic N) is 2. The van der Waals surface area contributed by atoms with Crippen molar-refractivity contribution < 1.29 is 27.5 Å². The van der Waals surface area contributed by atoms with Crippen LogP contribution in [0.5, 0.6) is 0 Å². The molecule has 0 radical (unpaired) electrons. The minimum atomic E-state index is -4.33. The Hall–Kier alpha value is -3.62. The topological polar surface area (TPSA) is 64.2 Å². The van der Waals surface area contributed by atoms with Crippen molar-refractivity contribution in [3.05, 3.63) is 70.5 Å². The van der Waals surface area contributed by atoms with Crippen LogP contribution in [0.15, 0.2) is 53.5 Å². The number of aryl methyl sites for hydroxylation is 1. The van der Waals surface area contributed by atoms with Crippen molar-refractivity contribution in [3.63, 3.8) is 0 Å². The highest BCUT2D eigenvalue weighted by Crippen LogP contribution is 2.38. The van der Waals surface area contributed by atoms with Crippen LogP contribution in [0.1, 0.15) is 18.5 Å². The number of pyridine rings is 1. The molecule has 0 unspecified atom stereocenters. The van der Waals surface area contributed by atoms with Crippen LogP contribution in [0.3, 0.4) is 0 Å². The molecule has 0 fully saturated rings. The average Bonchev–Trinajstić information content (AvgIpc) is 2.99. The second-order valence-electron chi connectivity index (χ2n) is 7.91. The number of benzene rings is 2. The highest BCUT2D eigenvalue weighted by molar-refractivity contribution is 6.06. The lowest BCUT2D eigenvalue weighted by molar-refractivity contribution is -0.138. The van der Waals surface area contributed by atoms with Crippen molar-refractivity contribution in [2.75, 3.05) is 0 Å². The second kappa shape index (κ2) is 8.38. The lowest BCUT2D eigenvalue weighted by Gasteiger charge is -2.14. The predicted molar refractivity (Wildman–Crippen MR) is 117 cm³/mol. The zero-order valence-corrected chi connectivity index (χ0v) is 17.6. The first-order valence-electron chi connectivity index (χ1n) is 10.3. The van der Waals surface area contributed by atoms with E-state index in [1.165, 1.54) is 29.0 Å². The molecule has 2 aromatic carbocycles. The summed E-state index contributed by atoms with van der Waals surface area (Å²) in [5.41, 5.74) is 1.68. The van der Waals surface area contributed by atoms with E-state index in [1.54, 1.807) is 35.8 Å². The maximum absolute atomic E-state index is 14.2. The first-order chi connectivity index (χ1) is 15.6. The molecule has 5 nitrogen and oxygen atoms in total. The zero-order valence-electron chi connectivity index (χ0n) is 17.6. The van der Waals surface area contributed by atoms with E-state index in [2.05, 4.69) is 0 Å². The highest BCUT2D eigenvalue weighted by Gasteiger charge is 2.26. The minimum Gasteiger partial charge on any atom is -0.480 e. The van der Waals surface area contributed by atoms with Crippen molar-refractivity contribution in [3.8, 4) is 11.1 Å². The average molecular weight is 460 g/mol. The predicted octanol–water partition coefficient (Wildman–Crippen LogP) is 5.50. The van der Waals surface area contributed by atoms with Crippen molar-refractivity contribution >= 4 is 27.6 Å². The van der Waals surface area contributed by atoms with Gasteiger partial charge in [-0.2, -0.15) is 13.2 Å². The molecule has 172 valence electrons. The Balaban J connectivity index is 1.99. The van der Waals surface area contributed by atoms with Gasteiger partial charge in [-0.1, -0.05) is 18.2 Å². The van der Waals surface area contributed by atoms with Crippen molar-refractivity contribution in [1.29, 1.82) is 0 Å². The van der Waals surface area contributed by atoms with Crippen LogP contribution in [0.2, 0.25) is 0 Å². The molecule has 33 heavy (non-hydrogen) atoms. The number of rotatable bonds is 6. The lowest BCUT2D eigenvalue weighted by atomic mass is 9.98. The number of aromatic nitrogens is 2. The van der Waals surface area contributed by atoms with E-state index in [0.29, 0.717) is 38.5 Å². The molecular weight excluding hydrogens is 440 g/mol. The number of aliphatic carboxylic acids is 1. The molecule has 0 aliphatic rings. The van der Waals surface area contributed by atoms with Gasteiger partial charge in [-0.05, 0) is 43.0 Å². The Kier molecular flexibility index (Phi) is 5.73. The van der Waals surface area contributed by atoms with E-state index < -0.39 is 29.9 Å². The molecule has 4 aromatic rings. The standard InChI is InChI=1S/C24H20F4N2O3/c1-14-22(18-11-15(25)7-8-20(18)30(14)13-21(31)32)19-12-29(10-4-9-24(26,27)28)23(33)17-6-3-2-5-16(17)19/h2-3,5-8,11-12H,4,9-10,13H2,1H3,(H,31,32). The molecule has 0 spiro atoms. The Morgan fingerprint density at radius 1 is 1.06 bits per heavy atom. The van der Waals surface area contributed by atoms with Gasteiger partial charge in [0, 0.05) is 52.3 Å². The molecular formula is C24H20F4N2O3. The number of carbonyl (C=O) groups is 1. The summed E-state index contributed by atoms with van der Waals surface area (Å²) in [6, 6.07) is 10.7. The Morgan fingerprint density at radius 2 is 1.76 bits per heavy atom. The Morgan fingerprint density at radius 3 is 2.42 bits per heavy atom. The van der Waals surface area contributed by atoms with Crippen molar-refractivity contribution in [1.82, 2.24) is 9.13 Å². The van der Waals surface area contributed by atoms with Gasteiger partial charge in [-0.15, -0.1) is 0 Å². The van der Waals surface area contributed by atoms with Gasteiger partial charge in [0.25, 0.3) is 5.56 Å². The Bertz CT molecular complexity index is 1430. The van der Waals surface area contributed by atoms with E-state index in [4.69, 9.17) is 0 Å². The molecule has 1 N–H and O–H groups in total. The molecule has 4 rings (SSSR count). The summed E-state index contributed by atoms with van der Waals surface area (Å²) in [6.07, 6.45) is -4.14. The monoisotopic (exact) mass is 460 g/mol. The number of fused-ring (bicyclic) bond motifs is 2. The van der Waals surface area contributed by atoms with Crippen LogP contribution in [-0.2, 0) is 17.9 Å². The SMILES string of the molecule is Cc1c(-c2cn(CCCC(F)(F)F)c(=O)c3ccccc23)c2cc(F)ccc2n1CC(=O)O. The first-order valence-corrected chi connectivity index (χ1v) is 10.3. The number of alkyl halides is 3. The number of halogens is 4. The third-order valence-electron chi connectivity index (χ3n) is 5.70. The number of carboxylic acid groups (broad SMARTS) is 1. The molecule has 0 amide bonds. The molecule has 0 aliphatic heterocycles. The van der Waals surface area contributed by atoms with Gasteiger partial charge in [0.05, 0.1) is 0 Å². The highest BCUT2D eigenvalue weighted by atomic mass is 19.4. The summed E-state index contributed by atoms with van der Waals surface area (Å²) in [5, 5.41) is 10.7. The molecule has 2 heterocycles. The number of carboxylic acids is 1. The molecule has 9 heteroatoms. The fourth-order valence-electron chi connectivity index (χ4n) is 4.29. The van der Waals surface area contributed by atoms with Crippen LogP contribution >= 0.6 is 0 Å². The van der Waals surface area contributed by atoms with E-state index in [0.717, 1.165) is 0 Å². The van der Waals surface area contributed by atoms with E-state index in [-0.39, 0.29) is 19.5 Å². The summed E-state index contributed by atoms with van der Waals surface area (Å²) >= 11 is 0. The molecule has 0 saturated heterocycles. The summed E-state index contributed by atoms with van der Waals surface area (Å²) < 4.78 is 54.9. The van der Waals surface area contributed by atoms with Gasteiger partial charge in [0.15, 0.2) is 0 Å². The third-order valence-corrected chi connectivity index (χ3v) is 5.70. The van der Waals surface area contributed by atoms with Crippen LogP contribution < -0.4 is 5.56 Å². The molecule has 0 aliphatic carbocycles. The molecule has 0 atom stereocenters. The van der Waals surface area contributed by atoms with Crippen LogP contribution in [0, 0.1) is 12.7 Å². The second-order valence-corrected chi connectivity index (χ2v) is 7.91. The maximum Gasteiger partial charge on any atom is 0.389 e. The fraction of sp³-hybridized carbons (Fsp3) is 0.250. The van der Waals surface area contributed by atoms with Crippen LogP contribution in [0.4, 0.5) is 17.6 Å². The smallest absolute Gasteiger partial charge is 0.389 e. The minimum absolute atomic E-state index is 0.142. The van der Waals surface area contributed by atoms with Gasteiger partial charge in [0.2, 0.25) is 0 Å². The van der Waals surface area contributed by atoms with Crippen molar-refractivity contribution in [2.24, 2.45) is 0 Å². The van der Waals surface area contributed by atoms with Gasteiger partial charge in [0.1, 0.15) is 12.4 Å². The fourth-order valence-corrected chi connectivity index (χ4v) is 4.29. The molecule has 0 bridgehead atoms. The van der Waals surface area contributed by atoms with Gasteiger partial charge >= 0.3 is 12.1 Å². The largest absolute Gasteiger partial charge is 0.480 e. The molecule has 0 saturated carbocycles. The summed E-state index contributed by atoms with van der Waals surface area (Å²) in [7, 11) is 0. The van der Waals surface area contributed by atoms with E-state index in [1.807, 2.05) is 0 Å². The number of hydrogen-bond acceptors (Lipinski definition) is 2. The first kappa shape index (κ1) is 22.6. The number of hydrogen-bond donors (Lipinski definition) is 1.